The topological polar surface area (TPSA) is 49.7 Å². The Morgan fingerprint density at radius 2 is 2.22 bits per heavy atom. The van der Waals surface area contributed by atoms with Gasteiger partial charge < -0.3 is 14.7 Å². The molecule has 52 valence electrons. The normalized spacial score (nSPS) is 9.22. The number of rotatable bonds is 4. The van der Waals surface area contributed by atoms with E-state index in [0.29, 0.717) is 13.0 Å². The van der Waals surface area contributed by atoms with E-state index in [0.717, 1.165) is 5.57 Å². The Balaban J connectivity index is 3.01. The van der Waals surface area contributed by atoms with Gasteiger partial charge in [-0.25, -0.2) is 0 Å². The minimum atomic E-state index is -1.65. The summed E-state index contributed by atoms with van der Waals surface area (Å²) in [5.41, 5.74) is 0.968. The first-order chi connectivity index (χ1) is 4.13. The molecule has 0 spiro atoms. The van der Waals surface area contributed by atoms with Gasteiger partial charge in [0.1, 0.15) is 0 Å². The molecule has 2 N–H and O–H groups in total. The van der Waals surface area contributed by atoms with Crippen molar-refractivity contribution in [2.75, 3.05) is 6.61 Å². The van der Waals surface area contributed by atoms with Crippen LogP contribution < -0.4 is 0 Å². The van der Waals surface area contributed by atoms with E-state index < -0.39 is 7.32 Å². The van der Waals surface area contributed by atoms with E-state index in [2.05, 4.69) is 11.2 Å². The van der Waals surface area contributed by atoms with Crippen LogP contribution >= 0.6 is 0 Å². The summed E-state index contributed by atoms with van der Waals surface area (Å²) in [4.78, 5) is 0. The highest BCUT2D eigenvalue weighted by atomic mass is 16.6. The molecular weight excluding hydrogens is 119 g/mol. The highest BCUT2D eigenvalue weighted by Crippen LogP contribution is 1.94. The summed E-state index contributed by atoms with van der Waals surface area (Å²) in [5.74, 6) is 0. The fraction of sp³-hybridized carbons (Fsp3) is 0.600. The van der Waals surface area contributed by atoms with Gasteiger partial charge in [0, 0.05) is 6.61 Å². The van der Waals surface area contributed by atoms with Crippen molar-refractivity contribution in [2.45, 2.75) is 13.3 Å². The molecule has 0 radical (unpaired) electrons. The fourth-order valence-corrected chi connectivity index (χ4v) is 0.339. The lowest BCUT2D eigenvalue weighted by atomic mass is 10.2. The van der Waals surface area contributed by atoms with Crippen molar-refractivity contribution in [3.8, 4) is 0 Å². The molecule has 4 heteroatoms. The van der Waals surface area contributed by atoms with Gasteiger partial charge in [0.05, 0.1) is 0 Å². The number of hydrogen-bond donors (Lipinski definition) is 2. The van der Waals surface area contributed by atoms with Gasteiger partial charge in [-0.15, -0.1) is 6.58 Å². The Hall–Kier alpha value is -0.315. The first-order valence-corrected chi connectivity index (χ1v) is 2.75. The monoisotopic (exact) mass is 130 g/mol. The molecule has 0 unspecified atom stereocenters. The largest absolute Gasteiger partial charge is 0.633 e. The summed E-state index contributed by atoms with van der Waals surface area (Å²) in [5, 5.41) is 16.3. The van der Waals surface area contributed by atoms with Gasteiger partial charge in [-0.05, 0) is 13.3 Å². The summed E-state index contributed by atoms with van der Waals surface area (Å²) in [6, 6.07) is 0. The van der Waals surface area contributed by atoms with Crippen LogP contribution in [0.2, 0.25) is 0 Å². The second-order valence-electron chi connectivity index (χ2n) is 1.90. The van der Waals surface area contributed by atoms with Crippen molar-refractivity contribution in [3.63, 3.8) is 0 Å². The van der Waals surface area contributed by atoms with Gasteiger partial charge in [0.15, 0.2) is 0 Å². The van der Waals surface area contributed by atoms with Gasteiger partial charge in [-0.2, -0.15) is 0 Å². The summed E-state index contributed by atoms with van der Waals surface area (Å²) in [6.07, 6.45) is 0.664. The van der Waals surface area contributed by atoms with E-state index in [1.54, 1.807) is 0 Å². The zero-order valence-corrected chi connectivity index (χ0v) is 5.50. The first-order valence-electron chi connectivity index (χ1n) is 2.75. The molecule has 0 rings (SSSR count). The van der Waals surface area contributed by atoms with Gasteiger partial charge in [0.25, 0.3) is 0 Å². The van der Waals surface area contributed by atoms with Crippen LogP contribution in [-0.4, -0.2) is 24.0 Å². The standard InChI is InChI=1S/C5H11BO3/c1-5(2)3-4-9-6(7)8/h7-8H,1,3-4H2,2H3. The van der Waals surface area contributed by atoms with Gasteiger partial charge in [-0.3, -0.25) is 0 Å². The fourth-order valence-electron chi connectivity index (χ4n) is 0.339. The van der Waals surface area contributed by atoms with Gasteiger partial charge >= 0.3 is 7.32 Å². The summed E-state index contributed by atoms with van der Waals surface area (Å²) in [6.45, 7) is 5.78. The minimum absolute atomic E-state index is 0.312. The molecular formula is C5H11BO3. The lowest BCUT2D eigenvalue weighted by Gasteiger charge is -1.99. The second-order valence-corrected chi connectivity index (χ2v) is 1.90. The lowest BCUT2D eigenvalue weighted by molar-refractivity contribution is 0.188. The van der Waals surface area contributed by atoms with Crippen molar-refractivity contribution < 1.29 is 14.7 Å². The minimum Gasteiger partial charge on any atom is -0.402 e. The average molecular weight is 130 g/mol. The smallest absolute Gasteiger partial charge is 0.402 e. The zero-order chi connectivity index (χ0) is 7.28. The molecule has 0 aromatic rings. The van der Waals surface area contributed by atoms with Crippen LogP contribution in [0.25, 0.3) is 0 Å². The predicted octanol–water partition coefficient (Wildman–Crippen LogP) is -0.0613. The van der Waals surface area contributed by atoms with E-state index in [4.69, 9.17) is 10.0 Å². The Morgan fingerprint density at radius 1 is 1.67 bits per heavy atom. The summed E-state index contributed by atoms with van der Waals surface area (Å²) >= 11 is 0. The molecule has 0 saturated carbocycles. The molecule has 0 fully saturated rings. The van der Waals surface area contributed by atoms with Gasteiger partial charge in [0.2, 0.25) is 0 Å². The maximum absolute atomic E-state index is 8.17. The van der Waals surface area contributed by atoms with Crippen molar-refractivity contribution in [2.24, 2.45) is 0 Å². The Labute approximate surface area is 55.1 Å². The quantitative estimate of drug-likeness (QED) is 0.414. The molecule has 0 amide bonds. The molecule has 0 bridgehead atoms. The molecule has 0 saturated heterocycles. The van der Waals surface area contributed by atoms with Crippen LogP contribution in [0.4, 0.5) is 0 Å². The van der Waals surface area contributed by atoms with Crippen LogP contribution in [0, 0.1) is 0 Å². The first kappa shape index (κ1) is 8.68. The summed E-state index contributed by atoms with van der Waals surface area (Å²) in [7, 11) is -1.65. The molecule has 0 atom stereocenters. The van der Waals surface area contributed by atoms with Crippen LogP contribution in [0.3, 0.4) is 0 Å². The van der Waals surface area contributed by atoms with Gasteiger partial charge in [-0.1, -0.05) is 5.57 Å². The van der Waals surface area contributed by atoms with Crippen molar-refractivity contribution in [1.29, 1.82) is 0 Å². The molecule has 0 aromatic carbocycles. The molecule has 3 nitrogen and oxygen atoms in total. The lowest BCUT2D eigenvalue weighted by Crippen LogP contribution is -2.17. The third kappa shape index (κ3) is 7.68. The average Bonchev–Trinajstić information content (AvgIpc) is 1.63. The van der Waals surface area contributed by atoms with Crippen molar-refractivity contribution >= 4 is 7.32 Å². The molecule has 0 aromatic heterocycles. The van der Waals surface area contributed by atoms with E-state index in [1.807, 2.05) is 6.92 Å². The maximum atomic E-state index is 8.17. The maximum Gasteiger partial charge on any atom is 0.633 e. The Bertz CT molecular complexity index is 92.2. The van der Waals surface area contributed by atoms with E-state index in [-0.39, 0.29) is 0 Å². The van der Waals surface area contributed by atoms with Crippen molar-refractivity contribution in [1.82, 2.24) is 0 Å². The van der Waals surface area contributed by atoms with E-state index in [1.165, 1.54) is 0 Å². The zero-order valence-electron chi connectivity index (χ0n) is 5.50. The number of hydrogen-bond acceptors (Lipinski definition) is 3. The van der Waals surface area contributed by atoms with E-state index >= 15 is 0 Å². The highest BCUT2D eigenvalue weighted by Gasteiger charge is 2.06. The van der Waals surface area contributed by atoms with E-state index in [9.17, 15) is 0 Å². The third-order valence-corrected chi connectivity index (χ3v) is 0.796. The Morgan fingerprint density at radius 3 is 2.56 bits per heavy atom. The Kier molecular flexibility index (Phi) is 4.39. The molecule has 0 aliphatic rings. The third-order valence-electron chi connectivity index (χ3n) is 0.796. The van der Waals surface area contributed by atoms with Crippen LogP contribution in [0.5, 0.6) is 0 Å². The van der Waals surface area contributed by atoms with Crippen molar-refractivity contribution in [3.05, 3.63) is 12.2 Å². The molecule has 0 aliphatic carbocycles. The molecule has 0 heterocycles. The van der Waals surface area contributed by atoms with Crippen LogP contribution in [-0.2, 0) is 4.65 Å². The van der Waals surface area contributed by atoms with Crippen LogP contribution in [0.15, 0.2) is 12.2 Å². The predicted molar refractivity (Wildman–Crippen MR) is 35.6 cm³/mol. The highest BCUT2D eigenvalue weighted by molar-refractivity contribution is 6.32. The van der Waals surface area contributed by atoms with Crippen LogP contribution in [0.1, 0.15) is 13.3 Å². The molecule has 0 aliphatic heterocycles. The second kappa shape index (κ2) is 4.55. The summed E-state index contributed by atoms with van der Waals surface area (Å²) < 4.78 is 4.40. The SMILES string of the molecule is C=C(C)CCOB(O)O. The molecule has 9 heavy (non-hydrogen) atoms.